The van der Waals surface area contributed by atoms with Crippen LogP contribution in [0.15, 0.2) is 28.7 Å². The lowest BCUT2D eigenvalue weighted by Crippen LogP contribution is -2.46. The van der Waals surface area contributed by atoms with Crippen molar-refractivity contribution in [1.82, 2.24) is 0 Å². The van der Waals surface area contributed by atoms with Gasteiger partial charge < -0.3 is 0 Å². The van der Waals surface area contributed by atoms with E-state index in [-0.39, 0.29) is 17.2 Å². The minimum atomic E-state index is -0.222. The minimum Gasteiger partial charge on any atom is -0.274 e. The van der Waals surface area contributed by atoms with Crippen LogP contribution in [0.1, 0.15) is 26.7 Å². The van der Waals surface area contributed by atoms with Crippen LogP contribution in [-0.2, 0) is 9.59 Å². The van der Waals surface area contributed by atoms with Gasteiger partial charge in [-0.15, -0.1) is 0 Å². The Labute approximate surface area is 109 Å². The molecule has 0 unspecified atom stereocenters. The van der Waals surface area contributed by atoms with Gasteiger partial charge in [-0.25, -0.2) is 0 Å². The average molecular weight is 296 g/mol. The maximum Gasteiger partial charge on any atom is 0.234 e. The Kier molecular flexibility index (Phi) is 3.08. The van der Waals surface area contributed by atoms with E-state index < -0.39 is 0 Å². The first-order valence-corrected chi connectivity index (χ1v) is 6.30. The highest BCUT2D eigenvalue weighted by Crippen LogP contribution is 2.34. The number of nitrogens with zero attached hydrogens (tertiary/aromatic N) is 1. The molecule has 0 saturated carbocycles. The third-order valence-corrected chi connectivity index (χ3v) is 3.37. The molecule has 0 aromatic heterocycles. The SMILES string of the molecule is CC1(C)CC(=O)N(c2ccc(Br)cc2)C(=O)C1. The van der Waals surface area contributed by atoms with Crippen LogP contribution in [0.4, 0.5) is 5.69 Å². The fourth-order valence-electron chi connectivity index (χ4n) is 2.06. The molecule has 1 aromatic carbocycles. The van der Waals surface area contributed by atoms with E-state index in [4.69, 9.17) is 0 Å². The van der Waals surface area contributed by atoms with Crippen molar-refractivity contribution in [3.05, 3.63) is 28.7 Å². The summed E-state index contributed by atoms with van der Waals surface area (Å²) in [6.45, 7) is 3.89. The van der Waals surface area contributed by atoms with Crippen molar-refractivity contribution in [2.75, 3.05) is 4.90 Å². The van der Waals surface area contributed by atoms with E-state index in [0.717, 1.165) is 4.47 Å². The molecule has 0 N–H and O–H groups in total. The van der Waals surface area contributed by atoms with Crippen molar-refractivity contribution < 1.29 is 9.59 Å². The minimum absolute atomic E-state index is 0.117. The largest absolute Gasteiger partial charge is 0.274 e. The standard InChI is InChI=1S/C13H14BrNO2/c1-13(2)7-11(16)15(12(17)8-13)10-5-3-9(14)4-6-10/h3-6H,7-8H2,1-2H3. The maximum atomic E-state index is 12.0. The number of amides is 2. The molecule has 1 fully saturated rings. The summed E-state index contributed by atoms with van der Waals surface area (Å²) >= 11 is 3.33. The van der Waals surface area contributed by atoms with Crippen molar-refractivity contribution in [3.8, 4) is 0 Å². The number of benzene rings is 1. The van der Waals surface area contributed by atoms with Crippen LogP contribution in [0.25, 0.3) is 0 Å². The van der Waals surface area contributed by atoms with Gasteiger partial charge in [-0.05, 0) is 29.7 Å². The first kappa shape index (κ1) is 12.3. The van der Waals surface area contributed by atoms with Gasteiger partial charge in [0, 0.05) is 17.3 Å². The molecule has 1 aromatic rings. The molecule has 0 spiro atoms. The number of anilines is 1. The maximum absolute atomic E-state index is 12.0. The van der Waals surface area contributed by atoms with Crippen molar-refractivity contribution in [2.45, 2.75) is 26.7 Å². The summed E-state index contributed by atoms with van der Waals surface area (Å²) in [6, 6.07) is 7.21. The smallest absolute Gasteiger partial charge is 0.234 e. The predicted octanol–water partition coefficient (Wildman–Crippen LogP) is 3.13. The Morgan fingerprint density at radius 3 is 2.00 bits per heavy atom. The van der Waals surface area contributed by atoms with E-state index in [9.17, 15) is 9.59 Å². The number of hydrogen-bond donors (Lipinski definition) is 0. The number of imide groups is 1. The van der Waals surface area contributed by atoms with E-state index in [1.807, 2.05) is 26.0 Å². The molecule has 0 atom stereocenters. The molecule has 1 heterocycles. The molecule has 2 amide bonds. The van der Waals surface area contributed by atoms with Gasteiger partial charge >= 0.3 is 0 Å². The Hall–Kier alpha value is -1.16. The van der Waals surface area contributed by atoms with Crippen LogP contribution in [0, 0.1) is 5.41 Å². The molecule has 3 nitrogen and oxygen atoms in total. The molecule has 17 heavy (non-hydrogen) atoms. The quantitative estimate of drug-likeness (QED) is 0.747. The summed E-state index contributed by atoms with van der Waals surface area (Å²) in [5.41, 5.74) is 0.429. The molecule has 90 valence electrons. The lowest BCUT2D eigenvalue weighted by atomic mass is 9.81. The lowest BCUT2D eigenvalue weighted by molar-refractivity contribution is -0.132. The molecule has 1 saturated heterocycles. The predicted molar refractivity (Wildman–Crippen MR) is 69.7 cm³/mol. The summed E-state index contributed by atoms with van der Waals surface area (Å²) in [6.07, 6.45) is 0.823. The van der Waals surface area contributed by atoms with Crippen LogP contribution in [0.2, 0.25) is 0 Å². The molecule has 0 aliphatic carbocycles. The van der Waals surface area contributed by atoms with Gasteiger partial charge in [0.2, 0.25) is 11.8 Å². The third kappa shape index (κ3) is 2.57. The Bertz CT molecular complexity index is 445. The zero-order chi connectivity index (χ0) is 12.6. The zero-order valence-electron chi connectivity index (χ0n) is 9.87. The summed E-state index contributed by atoms with van der Waals surface area (Å²) in [7, 11) is 0. The van der Waals surface area contributed by atoms with Gasteiger partial charge in [0.05, 0.1) is 5.69 Å². The van der Waals surface area contributed by atoms with E-state index in [0.29, 0.717) is 18.5 Å². The van der Waals surface area contributed by atoms with Crippen LogP contribution in [-0.4, -0.2) is 11.8 Å². The van der Waals surface area contributed by atoms with Gasteiger partial charge in [0.1, 0.15) is 0 Å². The van der Waals surface area contributed by atoms with Crippen molar-refractivity contribution >= 4 is 33.4 Å². The Morgan fingerprint density at radius 1 is 1.06 bits per heavy atom. The summed E-state index contributed by atoms with van der Waals surface area (Å²) in [5.74, 6) is -0.234. The molecule has 0 bridgehead atoms. The number of piperidine rings is 1. The zero-order valence-corrected chi connectivity index (χ0v) is 11.5. The highest BCUT2D eigenvalue weighted by atomic mass is 79.9. The van der Waals surface area contributed by atoms with Gasteiger partial charge in [0.15, 0.2) is 0 Å². The number of hydrogen-bond acceptors (Lipinski definition) is 2. The molecular formula is C13H14BrNO2. The fourth-order valence-corrected chi connectivity index (χ4v) is 2.32. The molecule has 1 aliphatic rings. The lowest BCUT2D eigenvalue weighted by Gasteiger charge is -2.34. The van der Waals surface area contributed by atoms with E-state index in [1.54, 1.807) is 12.1 Å². The second-order valence-electron chi connectivity index (χ2n) is 5.12. The first-order chi connectivity index (χ1) is 7.89. The Morgan fingerprint density at radius 2 is 1.53 bits per heavy atom. The van der Waals surface area contributed by atoms with Crippen molar-refractivity contribution in [3.63, 3.8) is 0 Å². The second kappa shape index (κ2) is 4.26. The normalized spacial score (nSPS) is 19.6. The third-order valence-electron chi connectivity index (χ3n) is 2.84. The van der Waals surface area contributed by atoms with E-state index in [1.165, 1.54) is 4.90 Å². The van der Waals surface area contributed by atoms with Gasteiger partial charge in [-0.1, -0.05) is 29.8 Å². The fraction of sp³-hybridized carbons (Fsp3) is 0.385. The van der Waals surface area contributed by atoms with Crippen LogP contribution >= 0.6 is 15.9 Å². The molecular weight excluding hydrogens is 282 g/mol. The van der Waals surface area contributed by atoms with Crippen LogP contribution in [0.5, 0.6) is 0 Å². The summed E-state index contributed by atoms with van der Waals surface area (Å²) < 4.78 is 0.929. The highest BCUT2D eigenvalue weighted by Gasteiger charge is 2.37. The van der Waals surface area contributed by atoms with Crippen LogP contribution in [0.3, 0.4) is 0 Å². The van der Waals surface area contributed by atoms with Gasteiger partial charge in [0.25, 0.3) is 0 Å². The number of halogens is 1. The van der Waals surface area contributed by atoms with Crippen molar-refractivity contribution in [2.24, 2.45) is 5.41 Å². The first-order valence-electron chi connectivity index (χ1n) is 5.50. The van der Waals surface area contributed by atoms with Gasteiger partial charge in [-0.3, -0.25) is 14.5 Å². The number of carbonyl (C=O) groups excluding carboxylic acids is 2. The van der Waals surface area contributed by atoms with Crippen molar-refractivity contribution in [1.29, 1.82) is 0 Å². The molecule has 1 aliphatic heterocycles. The van der Waals surface area contributed by atoms with Crippen LogP contribution < -0.4 is 4.90 Å². The second-order valence-corrected chi connectivity index (χ2v) is 6.03. The average Bonchev–Trinajstić information content (AvgIpc) is 2.18. The number of rotatable bonds is 1. The Balaban J connectivity index is 2.30. The van der Waals surface area contributed by atoms with E-state index >= 15 is 0 Å². The van der Waals surface area contributed by atoms with E-state index in [2.05, 4.69) is 15.9 Å². The number of carbonyl (C=O) groups is 2. The van der Waals surface area contributed by atoms with Gasteiger partial charge in [-0.2, -0.15) is 0 Å². The molecule has 4 heteroatoms. The topological polar surface area (TPSA) is 37.4 Å². The molecule has 0 radical (unpaired) electrons. The highest BCUT2D eigenvalue weighted by molar-refractivity contribution is 9.10. The summed E-state index contributed by atoms with van der Waals surface area (Å²) in [4.78, 5) is 25.3. The summed E-state index contributed by atoms with van der Waals surface area (Å²) in [5, 5.41) is 0. The molecule has 2 rings (SSSR count). The monoisotopic (exact) mass is 295 g/mol.